The Bertz CT molecular complexity index is 1230. The van der Waals surface area contributed by atoms with E-state index in [2.05, 4.69) is 41.0 Å². The minimum absolute atomic E-state index is 0.0569. The molecular weight excluding hydrogens is 424 g/mol. The van der Waals surface area contributed by atoms with Crippen molar-refractivity contribution in [3.05, 3.63) is 95.2 Å². The zero-order valence-corrected chi connectivity index (χ0v) is 19.8. The topological polar surface area (TPSA) is 59.6 Å². The van der Waals surface area contributed by atoms with Gasteiger partial charge >= 0.3 is 0 Å². The maximum Gasteiger partial charge on any atom is 0.163 e. The lowest BCUT2D eigenvalue weighted by Crippen LogP contribution is -2.26. The summed E-state index contributed by atoms with van der Waals surface area (Å²) in [7, 11) is 1.65. The van der Waals surface area contributed by atoms with Crippen molar-refractivity contribution in [2.24, 2.45) is 0 Å². The van der Waals surface area contributed by atoms with E-state index in [1.165, 1.54) is 0 Å². The number of carbonyl (C=O) groups excluding carboxylic acids is 1. The third kappa shape index (κ3) is 4.26. The Labute approximate surface area is 200 Å². The second kappa shape index (κ2) is 9.26. The first-order valence-corrected chi connectivity index (χ1v) is 11.8. The van der Waals surface area contributed by atoms with E-state index in [0.717, 1.165) is 45.9 Å². The Morgan fingerprint density at radius 2 is 1.59 bits per heavy atom. The van der Waals surface area contributed by atoms with E-state index in [9.17, 15) is 4.79 Å². The first kappa shape index (κ1) is 22.1. The van der Waals surface area contributed by atoms with Crippen LogP contribution in [-0.4, -0.2) is 19.0 Å². The van der Waals surface area contributed by atoms with Crippen LogP contribution in [0.4, 0.5) is 11.4 Å². The van der Waals surface area contributed by atoms with Crippen molar-refractivity contribution in [1.29, 1.82) is 0 Å². The number of Topliss-reactive ketones (excluding diaryl/α,β-unsaturated/α-hetero) is 1. The monoisotopic (exact) mass is 454 g/mol. The Kier molecular flexibility index (Phi) is 6.01. The number of benzene rings is 3. The number of carbonyl (C=O) groups is 1. The van der Waals surface area contributed by atoms with Crippen LogP contribution < -0.4 is 20.1 Å². The van der Waals surface area contributed by atoms with Gasteiger partial charge in [-0.2, -0.15) is 0 Å². The smallest absolute Gasteiger partial charge is 0.163 e. The van der Waals surface area contributed by atoms with Gasteiger partial charge in [0.2, 0.25) is 0 Å². The highest BCUT2D eigenvalue weighted by Crippen LogP contribution is 2.45. The molecule has 1 aliphatic heterocycles. The summed E-state index contributed by atoms with van der Waals surface area (Å²) < 4.78 is 11.5. The summed E-state index contributed by atoms with van der Waals surface area (Å²) in [5.41, 5.74) is 5.94. The van der Waals surface area contributed by atoms with Gasteiger partial charge < -0.3 is 20.1 Å². The highest BCUT2D eigenvalue weighted by Gasteiger charge is 2.36. The molecule has 0 fully saturated rings. The molecule has 1 aliphatic carbocycles. The molecule has 3 aromatic rings. The maximum atomic E-state index is 13.7. The van der Waals surface area contributed by atoms with Crippen LogP contribution in [0.5, 0.6) is 11.5 Å². The lowest BCUT2D eigenvalue weighted by atomic mass is 9.78. The van der Waals surface area contributed by atoms with Gasteiger partial charge in [-0.1, -0.05) is 48.5 Å². The molecule has 0 bridgehead atoms. The standard InChI is InChI=1S/C29H30N2O3/c1-18(2)34-26-14-13-20(17-27(26)33-3)21-15-24-28(25(32)16-21)29(19-9-5-4-6-10-19)31-23-12-8-7-11-22(23)30-24/h4-14,17-18,21,29-31H,15-16H2,1-3H3. The first-order valence-electron chi connectivity index (χ1n) is 11.8. The molecule has 0 saturated carbocycles. The summed E-state index contributed by atoms with van der Waals surface area (Å²) >= 11 is 0. The lowest BCUT2D eigenvalue weighted by molar-refractivity contribution is -0.116. The van der Waals surface area contributed by atoms with Crippen LogP contribution in [0.15, 0.2) is 84.1 Å². The van der Waals surface area contributed by atoms with E-state index >= 15 is 0 Å². The van der Waals surface area contributed by atoms with Crippen LogP contribution in [0.1, 0.15) is 49.8 Å². The summed E-state index contributed by atoms with van der Waals surface area (Å²) in [6, 6.07) is 24.1. The molecule has 0 amide bonds. The Morgan fingerprint density at radius 1 is 0.853 bits per heavy atom. The Morgan fingerprint density at radius 3 is 2.32 bits per heavy atom. The SMILES string of the molecule is COc1cc(C2CC(=O)C3=C(C2)Nc2ccccc2NC3c2ccccc2)ccc1OC(C)C. The fourth-order valence-corrected chi connectivity index (χ4v) is 4.91. The second-order valence-corrected chi connectivity index (χ2v) is 9.16. The van der Waals surface area contributed by atoms with E-state index in [0.29, 0.717) is 12.2 Å². The third-order valence-electron chi connectivity index (χ3n) is 6.46. The molecule has 0 aromatic heterocycles. The van der Waals surface area contributed by atoms with Crippen LogP contribution in [0.2, 0.25) is 0 Å². The van der Waals surface area contributed by atoms with Gasteiger partial charge in [0.25, 0.3) is 0 Å². The van der Waals surface area contributed by atoms with E-state index in [-0.39, 0.29) is 23.8 Å². The highest BCUT2D eigenvalue weighted by molar-refractivity contribution is 6.01. The average Bonchev–Trinajstić information content (AvgIpc) is 3.01. The van der Waals surface area contributed by atoms with Crippen molar-refractivity contribution in [1.82, 2.24) is 0 Å². The summed E-state index contributed by atoms with van der Waals surface area (Å²) in [6.07, 6.45) is 1.25. The zero-order chi connectivity index (χ0) is 23.7. The van der Waals surface area contributed by atoms with Gasteiger partial charge in [-0.05, 0) is 61.6 Å². The molecule has 2 N–H and O–H groups in total. The summed E-state index contributed by atoms with van der Waals surface area (Å²) in [5, 5.41) is 7.22. The molecule has 0 radical (unpaired) electrons. The molecule has 34 heavy (non-hydrogen) atoms. The van der Waals surface area contributed by atoms with Gasteiger partial charge in [0.1, 0.15) is 0 Å². The van der Waals surface area contributed by atoms with Crippen LogP contribution >= 0.6 is 0 Å². The Hall–Kier alpha value is -3.73. The predicted octanol–water partition coefficient (Wildman–Crippen LogP) is 6.46. The van der Waals surface area contributed by atoms with Gasteiger partial charge in [-0.25, -0.2) is 0 Å². The molecule has 2 atom stereocenters. The maximum absolute atomic E-state index is 13.7. The van der Waals surface area contributed by atoms with Crippen LogP contribution in [0.25, 0.3) is 0 Å². The molecule has 1 heterocycles. The van der Waals surface area contributed by atoms with Crippen molar-refractivity contribution in [2.75, 3.05) is 17.7 Å². The summed E-state index contributed by atoms with van der Waals surface area (Å²) in [4.78, 5) is 13.7. The number of hydrogen-bond donors (Lipinski definition) is 2. The largest absolute Gasteiger partial charge is 0.493 e. The quantitative estimate of drug-likeness (QED) is 0.463. The number of allylic oxidation sites excluding steroid dienone is 1. The third-order valence-corrected chi connectivity index (χ3v) is 6.46. The highest BCUT2D eigenvalue weighted by atomic mass is 16.5. The number of ketones is 1. The number of fused-ring (bicyclic) bond motifs is 1. The van der Waals surface area contributed by atoms with Gasteiger partial charge in [0.05, 0.1) is 30.6 Å². The van der Waals surface area contributed by atoms with Gasteiger partial charge in [-0.15, -0.1) is 0 Å². The number of hydrogen-bond acceptors (Lipinski definition) is 5. The van der Waals surface area contributed by atoms with E-state index in [1.807, 2.05) is 56.3 Å². The van der Waals surface area contributed by atoms with Gasteiger partial charge in [0, 0.05) is 17.7 Å². The predicted molar refractivity (Wildman–Crippen MR) is 136 cm³/mol. The Balaban J connectivity index is 1.54. The van der Waals surface area contributed by atoms with Crippen LogP contribution in [0.3, 0.4) is 0 Å². The molecule has 5 nitrogen and oxygen atoms in total. The molecule has 174 valence electrons. The molecule has 3 aromatic carbocycles. The van der Waals surface area contributed by atoms with Crippen molar-refractivity contribution in [3.8, 4) is 11.5 Å². The number of ether oxygens (including phenoxy) is 2. The summed E-state index contributed by atoms with van der Waals surface area (Å²) in [6.45, 7) is 3.99. The zero-order valence-electron chi connectivity index (χ0n) is 19.8. The lowest BCUT2D eigenvalue weighted by Gasteiger charge is -2.30. The van der Waals surface area contributed by atoms with Crippen molar-refractivity contribution < 1.29 is 14.3 Å². The normalized spacial score (nSPS) is 19.5. The first-order chi connectivity index (χ1) is 16.5. The van der Waals surface area contributed by atoms with E-state index in [1.54, 1.807) is 7.11 Å². The number of para-hydroxylation sites is 2. The molecular formula is C29H30N2O3. The van der Waals surface area contributed by atoms with Gasteiger partial charge in [0.15, 0.2) is 17.3 Å². The van der Waals surface area contributed by atoms with Crippen molar-refractivity contribution in [3.63, 3.8) is 0 Å². The average molecular weight is 455 g/mol. The molecule has 2 unspecified atom stereocenters. The molecule has 0 saturated heterocycles. The molecule has 5 heteroatoms. The van der Waals surface area contributed by atoms with E-state index in [4.69, 9.17) is 9.47 Å². The fraction of sp³-hybridized carbons (Fsp3) is 0.276. The minimum atomic E-state index is -0.197. The van der Waals surface area contributed by atoms with Crippen molar-refractivity contribution in [2.45, 2.75) is 44.8 Å². The van der Waals surface area contributed by atoms with Crippen LogP contribution in [0, 0.1) is 0 Å². The van der Waals surface area contributed by atoms with E-state index < -0.39 is 0 Å². The number of rotatable bonds is 5. The van der Waals surface area contributed by atoms with Crippen LogP contribution in [-0.2, 0) is 4.79 Å². The number of nitrogens with one attached hydrogen (secondary N) is 2. The molecule has 2 aliphatic rings. The molecule has 5 rings (SSSR count). The van der Waals surface area contributed by atoms with Gasteiger partial charge in [-0.3, -0.25) is 4.79 Å². The minimum Gasteiger partial charge on any atom is -0.493 e. The number of methoxy groups -OCH3 is 1. The molecule has 0 spiro atoms. The fourth-order valence-electron chi connectivity index (χ4n) is 4.91. The second-order valence-electron chi connectivity index (χ2n) is 9.16. The number of anilines is 2. The van der Waals surface area contributed by atoms with Crippen molar-refractivity contribution >= 4 is 17.2 Å². The summed E-state index contributed by atoms with van der Waals surface area (Å²) in [5.74, 6) is 1.64.